The van der Waals surface area contributed by atoms with E-state index in [0.717, 1.165) is 18.4 Å². The van der Waals surface area contributed by atoms with E-state index >= 15 is 0 Å². The minimum atomic E-state index is 0.494. The van der Waals surface area contributed by atoms with Crippen molar-refractivity contribution in [2.75, 3.05) is 19.6 Å². The van der Waals surface area contributed by atoms with Crippen molar-refractivity contribution in [3.8, 4) is 0 Å². The fourth-order valence-electron chi connectivity index (χ4n) is 4.26. The van der Waals surface area contributed by atoms with Crippen molar-refractivity contribution in [2.45, 2.75) is 71.8 Å². The maximum absolute atomic E-state index is 6.11. The number of piperidine rings is 1. The Bertz CT molecular complexity index is 255. The molecule has 1 aliphatic carbocycles. The first-order chi connectivity index (χ1) is 9.02. The molecular weight excluding hydrogens is 232 g/mol. The molecule has 0 aromatic heterocycles. The van der Waals surface area contributed by atoms with Crippen LogP contribution < -0.4 is 5.73 Å². The van der Waals surface area contributed by atoms with Gasteiger partial charge in [0.05, 0.1) is 0 Å². The molecule has 1 unspecified atom stereocenters. The van der Waals surface area contributed by atoms with Gasteiger partial charge in [-0.1, -0.05) is 27.2 Å². The molecule has 0 aromatic rings. The normalized spacial score (nSPS) is 32.2. The van der Waals surface area contributed by atoms with Crippen LogP contribution in [0.2, 0.25) is 0 Å². The van der Waals surface area contributed by atoms with Crippen molar-refractivity contribution in [2.24, 2.45) is 23.0 Å². The average Bonchev–Trinajstić information content (AvgIpc) is 2.40. The standard InChI is InChI=1S/C17H34N2/c1-17(2,3)15-9-7-14(8-10-15)16(13-18)19-11-5-4-6-12-19/h14-16H,4-13,18H2,1-3H3. The van der Waals surface area contributed by atoms with E-state index in [9.17, 15) is 0 Å². The summed E-state index contributed by atoms with van der Waals surface area (Å²) >= 11 is 0. The second-order valence-corrected chi connectivity index (χ2v) is 7.88. The monoisotopic (exact) mass is 266 g/mol. The zero-order valence-corrected chi connectivity index (χ0v) is 13.3. The minimum Gasteiger partial charge on any atom is -0.329 e. The molecule has 1 aliphatic heterocycles. The minimum absolute atomic E-state index is 0.494. The van der Waals surface area contributed by atoms with Gasteiger partial charge in [-0.25, -0.2) is 0 Å². The number of hydrogen-bond acceptors (Lipinski definition) is 2. The number of hydrogen-bond donors (Lipinski definition) is 1. The van der Waals surface area contributed by atoms with Crippen molar-refractivity contribution < 1.29 is 0 Å². The molecule has 0 aromatic carbocycles. The highest BCUT2D eigenvalue weighted by Gasteiger charge is 2.34. The number of likely N-dealkylation sites (tertiary alicyclic amines) is 1. The van der Waals surface area contributed by atoms with E-state index in [1.54, 1.807) is 0 Å². The molecule has 2 heteroatoms. The Balaban J connectivity index is 1.87. The summed E-state index contributed by atoms with van der Waals surface area (Å²) in [6, 6.07) is 0.668. The summed E-state index contributed by atoms with van der Waals surface area (Å²) in [6.07, 6.45) is 9.82. The van der Waals surface area contributed by atoms with Crippen LogP contribution in [-0.2, 0) is 0 Å². The van der Waals surface area contributed by atoms with Crippen LogP contribution in [0.4, 0.5) is 0 Å². The third kappa shape index (κ3) is 3.95. The van der Waals surface area contributed by atoms with E-state index in [1.807, 2.05) is 0 Å². The first kappa shape index (κ1) is 15.3. The number of rotatable bonds is 3. The van der Waals surface area contributed by atoms with E-state index in [2.05, 4.69) is 25.7 Å². The smallest absolute Gasteiger partial charge is 0.0246 e. The molecule has 2 nitrogen and oxygen atoms in total. The molecule has 2 aliphatic rings. The van der Waals surface area contributed by atoms with Gasteiger partial charge in [0.1, 0.15) is 0 Å². The van der Waals surface area contributed by atoms with Gasteiger partial charge in [-0.05, 0) is 68.9 Å². The first-order valence-corrected chi connectivity index (χ1v) is 8.46. The molecule has 19 heavy (non-hydrogen) atoms. The Labute approximate surface area is 120 Å². The summed E-state index contributed by atoms with van der Waals surface area (Å²) < 4.78 is 0. The van der Waals surface area contributed by atoms with Crippen LogP contribution in [-0.4, -0.2) is 30.6 Å². The maximum Gasteiger partial charge on any atom is 0.0246 e. The lowest BCUT2D eigenvalue weighted by molar-refractivity contribution is 0.0707. The summed E-state index contributed by atoms with van der Waals surface area (Å²) in [7, 11) is 0. The van der Waals surface area contributed by atoms with Crippen LogP contribution in [0.1, 0.15) is 65.7 Å². The van der Waals surface area contributed by atoms with Gasteiger partial charge in [0, 0.05) is 12.6 Å². The lowest BCUT2D eigenvalue weighted by Crippen LogP contribution is -2.49. The zero-order chi connectivity index (χ0) is 13.9. The van der Waals surface area contributed by atoms with Crippen LogP contribution in [0.5, 0.6) is 0 Å². The molecule has 0 bridgehead atoms. The van der Waals surface area contributed by atoms with Gasteiger partial charge >= 0.3 is 0 Å². The van der Waals surface area contributed by atoms with Crippen LogP contribution in [0.15, 0.2) is 0 Å². The quantitative estimate of drug-likeness (QED) is 0.845. The highest BCUT2D eigenvalue weighted by molar-refractivity contribution is 4.88. The molecule has 1 saturated heterocycles. The Hall–Kier alpha value is -0.0800. The highest BCUT2D eigenvalue weighted by atomic mass is 15.2. The Kier molecular flexibility index (Phi) is 5.30. The van der Waals surface area contributed by atoms with E-state index in [-0.39, 0.29) is 0 Å². The molecule has 1 saturated carbocycles. The van der Waals surface area contributed by atoms with Crippen molar-refractivity contribution in [1.82, 2.24) is 4.90 Å². The fourth-order valence-corrected chi connectivity index (χ4v) is 4.26. The molecule has 1 heterocycles. The Morgan fingerprint density at radius 3 is 2.05 bits per heavy atom. The summed E-state index contributed by atoms with van der Waals surface area (Å²) in [4.78, 5) is 2.70. The second-order valence-electron chi connectivity index (χ2n) is 7.88. The van der Waals surface area contributed by atoms with Gasteiger partial charge in [-0.3, -0.25) is 4.90 Å². The molecule has 1 atom stereocenters. The predicted octanol–water partition coefficient (Wildman–Crippen LogP) is 3.65. The van der Waals surface area contributed by atoms with E-state index in [4.69, 9.17) is 5.73 Å². The van der Waals surface area contributed by atoms with Crippen molar-refractivity contribution in [1.29, 1.82) is 0 Å². The van der Waals surface area contributed by atoms with Gasteiger partial charge in [-0.2, -0.15) is 0 Å². The molecule has 2 N–H and O–H groups in total. The Morgan fingerprint density at radius 1 is 1.00 bits per heavy atom. The first-order valence-electron chi connectivity index (χ1n) is 8.46. The molecule has 2 rings (SSSR count). The predicted molar refractivity (Wildman–Crippen MR) is 83.2 cm³/mol. The molecule has 2 fully saturated rings. The average molecular weight is 266 g/mol. The van der Waals surface area contributed by atoms with Crippen LogP contribution in [0.3, 0.4) is 0 Å². The molecule has 0 amide bonds. The molecule has 0 radical (unpaired) electrons. The van der Waals surface area contributed by atoms with Gasteiger partial charge < -0.3 is 5.73 Å². The van der Waals surface area contributed by atoms with E-state index < -0.39 is 0 Å². The van der Waals surface area contributed by atoms with E-state index in [0.29, 0.717) is 11.5 Å². The zero-order valence-electron chi connectivity index (χ0n) is 13.3. The van der Waals surface area contributed by atoms with Gasteiger partial charge in [0.15, 0.2) is 0 Å². The SMILES string of the molecule is CC(C)(C)C1CCC(C(CN)N2CCCCC2)CC1. The summed E-state index contributed by atoms with van der Waals surface area (Å²) in [5.74, 6) is 1.78. The van der Waals surface area contributed by atoms with Crippen molar-refractivity contribution >= 4 is 0 Å². The Morgan fingerprint density at radius 2 is 1.58 bits per heavy atom. The van der Waals surface area contributed by atoms with E-state index in [1.165, 1.54) is 58.0 Å². The van der Waals surface area contributed by atoms with Gasteiger partial charge in [0.25, 0.3) is 0 Å². The van der Waals surface area contributed by atoms with Gasteiger partial charge in [0.2, 0.25) is 0 Å². The van der Waals surface area contributed by atoms with Crippen LogP contribution >= 0.6 is 0 Å². The largest absolute Gasteiger partial charge is 0.329 e. The second kappa shape index (κ2) is 6.58. The van der Waals surface area contributed by atoms with Gasteiger partial charge in [-0.15, -0.1) is 0 Å². The van der Waals surface area contributed by atoms with Crippen LogP contribution in [0.25, 0.3) is 0 Å². The van der Waals surface area contributed by atoms with Crippen molar-refractivity contribution in [3.63, 3.8) is 0 Å². The molecule has 0 spiro atoms. The lowest BCUT2D eigenvalue weighted by Gasteiger charge is -2.43. The highest BCUT2D eigenvalue weighted by Crippen LogP contribution is 2.41. The third-order valence-electron chi connectivity index (χ3n) is 5.64. The lowest BCUT2D eigenvalue weighted by atomic mass is 9.68. The molecular formula is C17H34N2. The fraction of sp³-hybridized carbons (Fsp3) is 1.00. The van der Waals surface area contributed by atoms with Crippen molar-refractivity contribution in [3.05, 3.63) is 0 Å². The molecule has 112 valence electrons. The number of nitrogens with two attached hydrogens (primary N) is 1. The summed E-state index contributed by atoms with van der Waals surface area (Å²) in [5.41, 5.74) is 6.61. The maximum atomic E-state index is 6.11. The third-order valence-corrected chi connectivity index (χ3v) is 5.64. The topological polar surface area (TPSA) is 29.3 Å². The summed E-state index contributed by atoms with van der Waals surface area (Å²) in [5, 5.41) is 0. The number of nitrogens with zero attached hydrogens (tertiary/aromatic N) is 1. The summed E-state index contributed by atoms with van der Waals surface area (Å²) in [6.45, 7) is 10.7. The van der Waals surface area contributed by atoms with Crippen LogP contribution in [0, 0.1) is 17.3 Å².